The van der Waals surface area contributed by atoms with Crippen LogP contribution in [-0.4, -0.2) is 4.57 Å². The zero-order valence-electron chi connectivity index (χ0n) is 31.1. The van der Waals surface area contributed by atoms with Crippen LogP contribution < -0.4 is 4.90 Å². The van der Waals surface area contributed by atoms with Gasteiger partial charge >= 0.3 is 0 Å². The summed E-state index contributed by atoms with van der Waals surface area (Å²) in [5.41, 5.74) is 14.1. The molecule has 0 unspecified atom stereocenters. The van der Waals surface area contributed by atoms with Gasteiger partial charge in [-0.25, -0.2) is 0 Å². The fraction of sp³-hybridized carbons (Fsp3) is 0. The maximum absolute atomic E-state index is 2.41. The van der Waals surface area contributed by atoms with Gasteiger partial charge in [0.15, 0.2) is 0 Å². The van der Waals surface area contributed by atoms with E-state index >= 15 is 0 Å². The number of anilines is 3. The fourth-order valence-corrected chi connectivity index (χ4v) is 9.78. The summed E-state index contributed by atoms with van der Waals surface area (Å²) in [5.74, 6) is 0. The summed E-state index contributed by atoms with van der Waals surface area (Å²) < 4.78 is 5.05. The zero-order chi connectivity index (χ0) is 37.7. The number of nitrogens with zero attached hydrogens (tertiary/aromatic N) is 2. The molecule has 11 aromatic rings. The third-order valence-corrected chi connectivity index (χ3v) is 12.4. The first-order chi connectivity index (χ1) is 28.3. The Labute approximate surface area is 335 Å². The van der Waals surface area contributed by atoms with Gasteiger partial charge in [0.2, 0.25) is 0 Å². The first kappa shape index (κ1) is 33.2. The average Bonchev–Trinajstić information content (AvgIpc) is 3.84. The van der Waals surface area contributed by atoms with Crippen molar-refractivity contribution < 1.29 is 0 Å². The minimum atomic E-state index is 1.09. The molecule has 0 radical (unpaired) electrons. The number of aromatic nitrogens is 1. The highest BCUT2D eigenvalue weighted by atomic mass is 32.1. The Morgan fingerprint density at radius 3 is 1.53 bits per heavy atom. The number of thiophene rings is 1. The van der Waals surface area contributed by atoms with Gasteiger partial charge in [-0.3, -0.25) is 0 Å². The first-order valence-electron chi connectivity index (χ1n) is 19.4. The maximum Gasteiger partial charge on any atom is 0.0541 e. The second-order valence-corrected chi connectivity index (χ2v) is 15.6. The quantitative estimate of drug-likeness (QED) is 0.158. The molecule has 3 heteroatoms. The second kappa shape index (κ2) is 13.8. The molecule has 0 aliphatic heterocycles. The average molecular weight is 745 g/mol. The van der Waals surface area contributed by atoms with Gasteiger partial charge in [0.1, 0.15) is 0 Å². The highest BCUT2D eigenvalue weighted by Gasteiger charge is 2.20. The molecule has 0 aliphatic rings. The summed E-state index contributed by atoms with van der Waals surface area (Å²) in [7, 11) is 0. The van der Waals surface area contributed by atoms with E-state index in [0.29, 0.717) is 0 Å². The highest BCUT2D eigenvalue weighted by molar-refractivity contribution is 7.25. The molecule has 2 aromatic heterocycles. The van der Waals surface area contributed by atoms with Crippen LogP contribution in [0.15, 0.2) is 218 Å². The van der Waals surface area contributed by atoms with Crippen molar-refractivity contribution in [1.29, 1.82) is 0 Å². The molecule has 0 N–H and O–H groups in total. The van der Waals surface area contributed by atoms with Crippen molar-refractivity contribution in [3.8, 4) is 39.1 Å². The third kappa shape index (κ3) is 5.63. The van der Waals surface area contributed by atoms with Crippen molar-refractivity contribution in [2.45, 2.75) is 0 Å². The Bertz CT molecular complexity index is 3170. The van der Waals surface area contributed by atoms with Crippen LogP contribution >= 0.6 is 11.3 Å². The summed E-state index contributed by atoms with van der Waals surface area (Å²) in [6, 6.07) is 79.3. The van der Waals surface area contributed by atoms with Crippen LogP contribution in [0.1, 0.15) is 0 Å². The van der Waals surface area contributed by atoms with E-state index in [1.54, 1.807) is 0 Å². The van der Waals surface area contributed by atoms with Crippen molar-refractivity contribution >= 4 is 70.4 Å². The summed E-state index contributed by atoms with van der Waals surface area (Å²) in [5, 5.41) is 5.17. The predicted molar refractivity (Wildman–Crippen MR) is 245 cm³/mol. The van der Waals surface area contributed by atoms with E-state index in [4.69, 9.17) is 0 Å². The number of benzene rings is 9. The van der Waals surface area contributed by atoms with Gasteiger partial charge in [0.05, 0.1) is 22.4 Å². The van der Waals surface area contributed by atoms with Gasteiger partial charge in [-0.15, -0.1) is 11.3 Å². The smallest absolute Gasteiger partial charge is 0.0541 e. The molecule has 57 heavy (non-hydrogen) atoms. The van der Waals surface area contributed by atoms with Gasteiger partial charge < -0.3 is 9.47 Å². The number of rotatable bonds is 7. The Kier molecular flexibility index (Phi) is 8.04. The number of hydrogen-bond donors (Lipinski definition) is 0. The van der Waals surface area contributed by atoms with E-state index in [0.717, 1.165) is 22.7 Å². The van der Waals surface area contributed by atoms with Gasteiger partial charge in [0.25, 0.3) is 0 Å². The molecule has 0 atom stereocenters. The number of para-hydroxylation sites is 4. The van der Waals surface area contributed by atoms with Gasteiger partial charge in [-0.05, 0) is 82.9 Å². The maximum atomic E-state index is 2.41. The van der Waals surface area contributed by atoms with Crippen molar-refractivity contribution in [2.24, 2.45) is 0 Å². The number of fused-ring (bicyclic) bond motifs is 6. The molecule has 268 valence electrons. The molecule has 0 spiro atoms. The minimum absolute atomic E-state index is 1.09. The lowest BCUT2D eigenvalue weighted by Crippen LogP contribution is -2.11. The van der Waals surface area contributed by atoms with E-state index in [1.165, 1.54) is 75.4 Å². The molecule has 0 bridgehead atoms. The largest absolute Gasteiger partial charge is 0.310 e. The molecule has 11 rings (SSSR count). The SMILES string of the molecule is c1ccc(-c2ccccc2N(c2ccc(-c3ccccc3-n3c4ccccc4c4ccccc43)cc2)c2ccc(-c3cccc4sc5ccccc5c34)cc2)cc1. The molecular formula is C54H36N2S. The van der Waals surface area contributed by atoms with Gasteiger partial charge in [-0.2, -0.15) is 0 Å². The normalized spacial score (nSPS) is 11.5. The van der Waals surface area contributed by atoms with Crippen LogP contribution in [0.2, 0.25) is 0 Å². The van der Waals surface area contributed by atoms with Crippen LogP contribution in [0.3, 0.4) is 0 Å². The Balaban J connectivity index is 1.04. The molecule has 0 amide bonds. The lowest BCUT2D eigenvalue weighted by Gasteiger charge is -2.28. The predicted octanol–water partition coefficient (Wildman–Crippen LogP) is 15.6. The number of hydrogen-bond acceptors (Lipinski definition) is 2. The van der Waals surface area contributed by atoms with Crippen molar-refractivity contribution in [2.75, 3.05) is 4.90 Å². The van der Waals surface area contributed by atoms with Crippen molar-refractivity contribution in [3.63, 3.8) is 0 Å². The van der Waals surface area contributed by atoms with Crippen molar-refractivity contribution in [1.82, 2.24) is 4.57 Å². The van der Waals surface area contributed by atoms with Crippen LogP contribution in [-0.2, 0) is 0 Å². The lowest BCUT2D eigenvalue weighted by atomic mass is 9.98. The fourth-order valence-electron chi connectivity index (χ4n) is 8.65. The van der Waals surface area contributed by atoms with Crippen LogP contribution in [0.25, 0.3) is 81.0 Å². The Morgan fingerprint density at radius 1 is 0.333 bits per heavy atom. The van der Waals surface area contributed by atoms with Crippen LogP contribution in [0.5, 0.6) is 0 Å². The van der Waals surface area contributed by atoms with E-state index in [-0.39, 0.29) is 0 Å². The van der Waals surface area contributed by atoms with Gasteiger partial charge in [-0.1, -0.05) is 158 Å². The molecule has 0 aliphatic carbocycles. The van der Waals surface area contributed by atoms with E-state index in [9.17, 15) is 0 Å². The zero-order valence-corrected chi connectivity index (χ0v) is 31.9. The summed E-state index contributed by atoms with van der Waals surface area (Å²) in [4.78, 5) is 2.40. The molecule has 9 aromatic carbocycles. The van der Waals surface area contributed by atoms with Gasteiger partial charge in [0, 0.05) is 53.4 Å². The summed E-state index contributed by atoms with van der Waals surface area (Å²) >= 11 is 1.86. The van der Waals surface area contributed by atoms with Crippen LogP contribution in [0, 0.1) is 0 Å². The lowest BCUT2D eigenvalue weighted by molar-refractivity contribution is 1.18. The second-order valence-electron chi connectivity index (χ2n) is 14.5. The third-order valence-electron chi connectivity index (χ3n) is 11.2. The standard InChI is InChI=1S/C54H36N2S/c1-2-15-37(16-3-1)42-17-4-9-23-48(42)55(41-35-31-39(32-36-41)44-22-14-28-53-54(44)47-21-8-13-27-52(47)57-53)40-33-29-38(30-34-40)43-18-5-10-24-49(43)56-50-25-11-6-19-45(50)46-20-7-12-26-51(46)56/h1-36H. The minimum Gasteiger partial charge on any atom is -0.310 e. The van der Waals surface area contributed by atoms with Crippen molar-refractivity contribution in [3.05, 3.63) is 218 Å². The molecule has 0 fully saturated rings. The first-order valence-corrected chi connectivity index (χ1v) is 20.3. The molecule has 2 heterocycles. The monoisotopic (exact) mass is 744 g/mol. The highest BCUT2D eigenvalue weighted by Crippen LogP contribution is 2.44. The summed E-state index contributed by atoms with van der Waals surface area (Å²) in [6.07, 6.45) is 0. The Hall–Kier alpha value is -7.20. The van der Waals surface area contributed by atoms with E-state index in [1.807, 2.05) is 11.3 Å². The van der Waals surface area contributed by atoms with Crippen LogP contribution in [0.4, 0.5) is 17.1 Å². The molecule has 0 saturated carbocycles. The molecule has 0 saturated heterocycles. The molecular weight excluding hydrogens is 709 g/mol. The Morgan fingerprint density at radius 2 is 0.825 bits per heavy atom. The summed E-state index contributed by atoms with van der Waals surface area (Å²) in [6.45, 7) is 0. The topological polar surface area (TPSA) is 8.17 Å². The molecule has 2 nitrogen and oxygen atoms in total. The van der Waals surface area contributed by atoms with E-state index < -0.39 is 0 Å². The van der Waals surface area contributed by atoms with E-state index in [2.05, 4.69) is 228 Å².